The summed E-state index contributed by atoms with van der Waals surface area (Å²) < 4.78 is 23.0. The van der Waals surface area contributed by atoms with Crippen LogP contribution in [-0.4, -0.2) is 73.5 Å². The van der Waals surface area contributed by atoms with E-state index >= 15 is 0 Å². The van der Waals surface area contributed by atoms with Crippen molar-refractivity contribution < 1.29 is 33.6 Å². The molecule has 1 fully saturated rings. The average Bonchev–Trinajstić information content (AvgIpc) is 3.29. The Morgan fingerprint density at radius 3 is 2.40 bits per heavy atom. The Morgan fingerprint density at radius 1 is 1.02 bits per heavy atom. The second-order valence-electron chi connectivity index (χ2n) is 9.48. The summed E-state index contributed by atoms with van der Waals surface area (Å²) in [5.41, 5.74) is 1.50. The number of hydrogen-bond donors (Lipinski definition) is 1. The van der Waals surface area contributed by atoms with Crippen molar-refractivity contribution in [1.29, 1.82) is 0 Å². The molecule has 1 atom stereocenters. The number of carbonyl (C=O) groups is 2. The van der Waals surface area contributed by atoms with Gasteiger partial charge in [0.05, 0.1) is 32.1 Å². The number of carboxylic acid groups (broad SMARTS) is 1. The third kappa shape index (κ3) is 8.15. The first-order chi connectivity index (χ1) is 19.2. The number of carbonyl (C=O) groups excluding carboxylic acids is 1. The van der Waals surface area contributed by atoms with Crippen LogP contribution < -0.4 is 14.5 Å². The van der Waals surface area contributed by atoms with Crippen molar-refractivity contribution in [2.75, 3.05) is 49.3 Å². The molecule has 1 N–H and O–H groups in total. The normalized spacial score (nSPS) is 15.9. The van der Waals surface area contributed by atoms with Gasteiger partial charge in [0.1, 0.15) is 18.5 Å². The zero-order chi connectivity index (χ0) is 28.5. The summed E-state index contributed by atoms with van der Waals surface area (Å²) in [5.74, 6) is -0.564. The Hall–Kier alpha value is -3.70. The quantitative estimate of drug-likeness (QED) is 0.299. The van der Waals surface area contributed by atoms with E-state index in [1.165, 1.54) is 12.4 Å². The number of halogens is 1. The fourth-order valence-corrected chi connectivity index (χ4v) is 4.44. The Bertz CT molecular complexity index is 1280. The van der Waals surface area contributed by atoms with Crippen molar-refractivity contribution in [2.24, 2.45) is 0 Å². The molecule has 2 aromatic carbocycles. The number of ether oxygens (including phenoxy) is 4. The average molecular weight is 570 g/mol. The highest BCUT2D eigenvalue weighted by molar-refractivity contribution is 6.31. The summed E-state index contributed by atoms with van der Waals surface area (Å²) in [6.07, 6.45) is 1.75. The Balaban J connectivity index is 1.41. The van der Waals surface area contributed by atoms with Crippen LogP contribution >= 0.6 is 11.6 Å². The van der Waals surface area contributed by atoms with Crippen LogP contribution in [0.4, 0.5) is 16.2 Å². The molecule has 3 aromatic rings. The number of aromatic nitrogens is 1. The molecule has 1 aliphatic heterocycles. The van der Waals surface area contributed by atoms with Gasteiger partial charge in [0.2, 0.25) is 0 Å². The number of pyridine rings is 1. The number of nitrogens with zero attached hydrogens (tertiary/aromatic N) is 3. The van der Waals surface area contributed by atoms with Gasteiger partial charge in [-0.25, -0.2) is 4.79 Å². The molecule has 0 radical (unpaired) electrons. The molecule has 2 amide bonds. The first-order valence-electron chi connectivity index (χ1n) is 12.8. The molecule has 0 aliphatic carbocycles. The van der Waals surface area contributed by atoms with E-state index in [0.717, 1.165) is 4.90 Å². The number of rotatable bonds is 12. The molecule has 1 unspecified atom stereocenters. The third-order valence-corrected chi connectivity index (χ3v) is 6.27. The SMILES string of the molecule is CC1(C)OCC(COCCN(C(=O)c2cc(Cl)cc(OCCN(C(=O)O)c3ccncc3)c2)c2ccccc2)O1. The highest BCUT2D eigenvalue weighted by Crippen LogP contribution is 2.25. The summed E-state index contributed by atoms with van der Waals surface area (Å²) in [5, 5.41) is 9.90. The lowest BCUT2D eigenvalue weighted by atomic mass is 10.1. The molecule has 1 aromatic heterocycles. The third-order valence-electron chi connectivity index (χ3n) is 6.05. The number of anilines is 2. The number of benzene rings is 2. The lowest BCUT2D eigenvalue weighted by Gasteiger charge is -2.24. The van der Waals surface area contributed by atoms with E-state index in [-0.39, 0.29) is 31.8 Å². The van der Waals surface area contributed by atoms with Gasteiger partial charge in [0.25, 0.3) is 5.91 Å². The molecule has 0 spiro atoms. The molecular weight excluding hydrogens is 538 g/mol. The topological polar surface area (TPSA) is 111 Å². The van der Waals surface area contributed by atoms with Crippen LogP contribution in [0.2, 0.25) is 5.02 Å². The first kappa shape index (κ1) is 29.3. The number of para-hydroxylation sites is 1. The van der Waals surface area contributed by atoms with E-state index in [1.807, 2.05) is 44.2 Å². The minimum atomic E-state index is -1.12. The van der Waals surface area contributed by atoms with E-state index in [4.69, 9.17) is 30.5 Å². The van der Waals surface area contributed by atoms with E-state index in [2.05, 4.69) is 4.98 Å². The number of amides is 2. The van der Waals surface area contributed by atoms with Crippen molar-refractivity contribution in [3.63, 3.8) is 0 Å². The number of hydrogen-bond acceptors (Lipinski definition) is 7. The minimum Gasteiger partial charge on any atom is -0.492 e. The van der Waals surface area contributed by atoms with Crippen molar-refractivity contribution in [3.8, 4) is 5.75 Å². The lowest BCUT2D eigenvalue weighted by Crippen LogP contribution is -2.35. The molecule has 10 nitrogen and oxygen atoms in total. The summed E-state index contributed by atoms with van der Waals surface area (Å²) in [6.45, 7) is 5.20. The van der Waals surface area contributed by atoms with Gasteiger partial charge in [-0.1, -0.05) is 29.8 Å². The van der Waals surface area contributed by atoms with Crippen LogP contribution in [0.5, 0.6) is 5.75 Å². The summed E-state index contributed by atoms with van der Waals surface area (Å²) in [7, 11) is 0. The summed E-state index contributed by atoms with van der Waals surface area (Å²) in [6, 6.07) is 17.2. The largest absolute Gasteiger partial charge is 0.492 e. The lowest BCUT2D eigenvalue weighted by molar-refractivity contribution is -0.144. The maximum Gasteiger partial charge on any atom is 0.411 e. The summed E-state index contributed by atoms with van der Waals surface area (Å²) in [4.78, 5) is 32.1. The second kappa shape index (κ2) is 13.6. The van der Waals surface area contributed by atoms with Crippen LogP contribution in [0.3, 0.4) is 0 Å². The molecular formula is C29H32ClN3O7. The van der Waals surface area contributed by atoms with Gasteiger partial charge in [0.15, 0.2) is 5.79 Å². The van der Waals surface area contributed by atoms with E-state index in [9.17, 15) is 14.7 Å². The molecule has 0 saturated carbocycles. The van der Waals surface area contributed by atoms with Crippen molar-refractivity contribution in [1.82, 2.24) is 4.98 Å². The van der Waals surface area contributed by atoms with Gasteiger partial charge in [-0.05, 0) is 56.3 Å². The first-order valence-corrected chi connectivity index (χ1v) is 13.2. The van der Waals surface area contributed by atoms with Gasteiger partial charge in [-0.15, -0.1) is 0 Å². The second-order valence-corrected chi connectivity index (χ2v) is 9.92. The van der Waals surface area contributed by atoms with Crippen LogP contribution in [-0.2, 0) is 14.2 Å². The molecule has 0 bridgehead atoms. The van der Waals surface area contributed by atoms with Gasteiger partial charge >= 0.3 is 6.09 Å². The molecule has 212 valence electrons. The van der Waals surface area contributed by atoms with Crippen molar-refractivity contribution >= 4 is 35.0 Å². The fraction of sp³-hybridized carbons (Fsp3) is 0.345. The smallest absolute Gasteiger partial charge is 0.411 e. The molecule has 1 saturated heterocycles. The van der Waals surface area contributed by atoms with Gasteiger partial charge < -0.3 is 29.0 Å². The van der Waals surface area contributed by atoms with Gasteiger partial charge in [0, 0.05) is 35.2 Å². The molecule has 11 heteroatoms. The Labute approximate surface area is 238 Å². The predicted octanol–water partition coefficient (Wildman–Crippen LogP) is 5.11. The maximum atomic E-state index is 13.7. The minimum absolute atomic E-state index is 0.0442. The van der Waals surface area contributed by atoms with Crippen LogP contribution in [0.15, 0.2) is 73.1 Å². The zero-order valence-corrected chi connectivity index (χ0v) is 23.1. The highest BCUT2D eigenvalue weighted by atomic mass is 35.5. The van der Waals surface area contributed by atoms with Crippen molar-refractivity contribution in [3.05, 3.63) is 83.6 Å². The van der Waals surface area contributed by atoms with E-state index in [0.29, 0.717) is 47.5 Å². The molecule has 40 heavy (non-hydrogen) atoms. The van der Waals surface area contributed by atoms with Gasteiger partial charge in [-0.3, -0.25) is 14.7 Å². The Morgan fingerprint density at radius 2 is 1.73 bits per heavy atom. The highest BCUT2D eigenvalue weighted by Gasteiger charge is 2.32. The molecule has 2 heterocycles. The zero-order valence-electron chi connectivity index (χ0n) is 22.4. The van der Waals surface area contributed by atoms with Crippen LogP contribution in [0, 0.1) is 0 Å². The molecule has 4 rings (SSSR count). The summed E-state index contributed by atoms with van der Waals surface area (Å²) >= 11 is 6.34. The predicted molar refractivity (Wildman–Crippen MR) is 150 cm³/mol. The van der Waals surface area contributed by atoms with E-state index < -0.39 is 11.9 Å². The maximum absolute atomic E-state index is 13.7. The standard InChI is InChI=1S/C29H32ClN3O7/c1-29(2)39-20-26(40-29)19-37-14-12-32(23-6-4-3-5-7-23)27(34)21-16-22(30)18-25(17-21)38-15-13-33(28(35)36)24-8-10-31-11-9-24/h3-11,16-18,26H,12-15,19-20H2,1-2H3,(H,35,36). The Kier molecular flexibility index (Phi) is 9.94. The van der Waals surface area contributed by atoms with E-state index in [1.54, 1.807) is 35.2 Å². The van der Waals surface area contributed by atoms with Crippen LogP contribution in [0.1, 0.15) is 24.2 Å². The fourth-order valence-electron chi connectivity index (χ4n) is 4.21. The monoisotopic (exact) mass is 569 g/mol. The van der Waals surface area contributed by atoms with Crippen LogP contribution in [0.25, 0.3) is 0 Å². The van der Waals surface area contributed by atoms with Crippen molar-refractivity contribution in [2.45, 2.75) is 25.7 Å². The van der Waals surface area contributed by atoms with Gasteiger partial charge in [-0.2, -0.15) is 0 Å². The molecule has 1 aliphatic rings.